The first kappa shape index (κ1) is 26.0. The van der Waals surface area contributed by atoms with Gasteiger partial charge in [-0.05, 0) is 45.5 Å². The first-order chi connectivity index (χ1) is 15.7. The summed E-state index contributed by atoms with van der Waals surface area (Å²) < 4.78 is 51.7. The number of aromatic hydroxyl groups is 1. The van der Waals surface area contributed by atoms with Crippen LogP contribution in [0.1, 0.15) is 47.1 Å². The van der Waals surface area contributed by atoms with E-state index in [0.29, 0.717) is 44.0 Å². The molecule has 1 aromatic heterocycles. The van der Waals surface area contributed by atoms with Crippen molar-refractivity contribution in [2.24, 2.45) is 4.99 Å². The van der Waals surface area contributed by atoms with Crippen LogP contribution >= 0.6 is 0 Å². The number of nitrogens with one attached hydrogen (secondary N) is 1. The monoisotopic (exact) mass is 468 g/mol. The van der Waals surface area contributed by atoms with Crippen LogP contribution in [0.25, 0.3) is 0 Å². The molecule has 1 heterocycles. The van der Waals surface area contributed by atoms with E-state index >= 15 is 0 Å². The number of phenols is 1. The average Bonchev–Trinajstić information content (AvgIpc) is 2.76. The van der Waals surface area contributed by atoms with Gasteiger partial charge in [0.15, 0.2) is 12.4 Å². The molecule has 0 aliphatic heterocycles. The number of ether oxygens (including phenoxy) is 2. The Hall–Kier alpha value is -3.21. The number of nitrogens with zero attached hydrogens (tertiary/aromatic N) is 3. The summed E-state index contributed by atoms with van der Waals surface area (Å²) in [4.78, 5) is 23.1. The Morgan fingerprint density at radius 2 is 1.94 bits per heavy atom. The van der Waals surface area contributed by atoms with Crippen molar-refractivity contribution in [2.45, 2.75) is 39.3 Å². The summed E-state index contributed by atoms with van der Waals surface area (Å²) in [6, 6.07) is 2.49. The number of hydrogen-bond acceptors (Lipinski definition) is 8. The maximum Gasteiger partial charge on any atom is 0.433 e. The number of halogens is 3. The smallest absolute Gasteiger partial charge is 0.433 e. The zero-order chi connectivity index (χ0) is 24.4. The van der Waals surface area contributed by atoms with Crippen LogP contribution in [-0.2, 0) is 11.2 Å². The van der Waals surface area contributed by atoms with Crippen molar-refractivity contribution >= 4 is 11.7 Å². The lowest BCUT2D eigenvalue weighted by molar-refractivity contribution is -0.0588. The lowest BCUT2D eigenvalue weighted by Crippen LogP contribution is -2.25. The Balaban J connectivity index is 2.27. The molecule has 11 heteroatoms. The van der Waals surface area contributed by atoms with Gasteiger partial charge < -0.3 is 19.9 Å². The predicted octanol–water partition coefficient (Wildman–Crippen LogP) is 3.60. The van der Waals surface area contributed by atoms with Crippen LogP contribution in [0.4, 0.5) is 13.2 Å². The maximum atomic E-state index is 13.7. The highest BCUT2D eigenvalue weighted by atomic mass is 19.4. The lowest BCUT2D eigenvalue weighted by Gasteiger charge is -2.18. The highest BCUT2D eigenvalue weighted by molar-refractivity contribution is 6.07. The van der Waals surface area contributed by atoms with E-state index in [9.17, 15) is 23.1 Å². The van der Waals surface area contributed by atoms with Crippen LogP contribution in [-0.4, -0.2) is 59.9 Å². The van der Waals surface area contributed by atoms with Gasteiger partial charge in [0, 0.05) is 23.5 Å². The van der Waals surface area contributed by atoms with Gasteiger partial charge in [-0.1, -0.05) is 13.3 Å². The van der Waals surface area contributed by atoms with E-state index in [4.69, 9.17) is 9.47 Å². The van der Waals surface area contributed by atoms with E-state index in [0.717, 1.165) is 6.07 Å². The van der Waals surface area contributed by atoms with E-state index in [1.807, 2.05) is 6.92 Å². The molecule has 0 saturated heterocycles. The minimum absolute atomic E-state index is 0.0165. The van der Waals surface area contributed by atoms with Crippen LogP contribution in [0, 0.1) is 6.92 Å². The van der Waals surface area contributed by atoms with Crippen molar-refractivity contribution in [2.75, 3.05) is 26.9 Å². The number of hydrogen-bond donors (Lipinski definition) is 2. The van der Waals surface area contributed by atoms with E-state index in [-0.39, 0.29) is 11.1 Å². The van der Waals surface area contributed by atoms with E-state index in [1.165, 1.54) is 18.5 Å². The summed E-state index contributed by atoms with van der Waals surface area (Å²) in [7, 11) is 1.80. The lowest BCUT2D eigenvalue weighted by atomic mass is 10.00. The molecule has 0 saturated carbocycles. The number of carbonyl (C=O) groups is 1. The fraction of sp³-hybridized carbons (Fsp3) is 0.455. The maximum absolute atomic E-state index is 13.7. The molecule has 8 nitrogen and oxygen atoms in total. The van der Waals surface area contributed by atoms with Crippen LogP contribution in [0.3, 0.4) is 0 Å². The molecule has 0 spiro atoms. The summed E-state index contributed by atoms with van der Waals surface area (Å²) in [6.07, 6.45) is -0.895. The molecule has 2 aromatic rings. The van der Waals surface area contributed by atoms with Gasteiger partial charge >= 0.3 is 12.1 Å². The van der Waals surface area contributed by atoms with E-state index < -0.39 is 35.9 Å². The van der Waals surface area contributed by atoms with E-state index in [2.05, 4.69) is 20.3 Å². The van der Waals surface area contributed by atoms with Crippen LogP contribution in [0.5, 0.6) is 11.5 Å². The summed E-state index contributed by atoms with van der Waals surface area (Å²) in [5.74, 6) is -0.725. The fourth-order valence-electron chi connectivity index (χ4n) is 2.93. The zero-order valence-corrected chi connectivity index (χ0v) is 18.7. The molecule has 0 amide bonds. The summed E-state index contributed by atoms with van der Waals surface area (Å²) in [5, 5.41) is 13.6. The molecule has 0 bridgehead atoms. The molecule has 0 aliphatic carbocycles. The third-order valence-corrected chi connectivity index (χ3v) is 4.53. The minimum atomic E-state index is -4.89. The molecule has 33 heavy (non-hydrogen) atoms. The molecular formula is C22H27F3N4O4. The van der Waals surface area contributed by atoms with Crippen molar-refractivity contribution in [3.05, 3.63) is 47.0 Å². The summed E-state index contributed by atoms with van der Waals surface area (Å²) in [6.45, 7) is 3.62. The topological polar surface area (TPSA) is 106 Å². The van der Waals surface area contributed by atoms with Gasteiger partial charge in [-0.2, -0.15) is 13.2 Å². The van der Waals surface area contributed by atoms with Crippen LogP contribution in [0.15, 0.2) is 29.5 Å². The van der Waals surface area contributed by atoms with Gasteiger partial charge in [0.25, 0.3) is 0 Å². The first-order valence-electron chi connectivity index (χ1n) is 10.4. The molecule has 1 aromatic carbocycles. The quantitative estimate of drug-likeness (QED) is 0.295. The molecule has 0 radical (unpaired) electrons. The number of aromatic nitrogens is 2. The number of esters is 1. The second-order valence-corrected chi connectivity index (χ2v) is 7.08. The molecule has 0 unspecified atom stereocenters. The van der Waals surface area contributed by atoms with Crippen molar-refractivity contribution in [3.8, 4) is 11.5 Å². The highest BCUT2D eigenvalue weighted by Gasteiger charge is 2.39. The Labute approximate surface area is 189 Å². The third kappa shape index (κ3) is 7.41. The number of rotatable bonds is 11. The second kappa shape index (κ2) is 12.1. The largest absolute Gasteiger partial charge is 0.507 e. The average molecular weight is 468 g/mol. The Bertz CT molecular complexity index is 963. The summed E-state index contributed by atoms with van der Waals surface area (Å²) in [5.41, 5.74) is -1.61. The number of benzene rings is 1. The summed E-state index contributed by atoms with van der Waals surface area (Å²) >= 11 is 0. The fourth-order valence-corrected chi connectivity index (χ4v) is 2.93. The van der Waals surface area contributed by atoms with Crippen molar-refractivity contribution < 1.29 is 32.5 Å². The molecule has 0 atom stereocenters. The molecule has 0 fully saturated rings. The van der Waals surface area contributed by atoms with Crippen molar-refractivity contribution in [1.82, 2.24) is 15.3 Å². The normalized spacial score (nSPS) is 12.0. The van der Waals surface area contributed by atoms with Gasteiger partial charge in [-0.3, -0.25) is 0 Å². The van der Waals surface area contributed by atoms with E-state index in [1.54, 1.807) is 14.0 Å². The number of alkyl halides is 3. The van der Waals surface area contributed by atoms with Gasteiger partial charge in [0.1, 0.15) is 17.3 Å². The highest BCUT2D eigenvalue weighted by Crippen LogP contribution is 2.36. The standard InChI is InChI=1S/C22H27F3N4O4/c1-4-6-16-18(32-10-5-9-26-3)8-7-17(19(16)30)20(22(23,24)25)29-13-33-21(31)15-11-27-14(2)28-12-15/h7-8,11-12,26,30H,4-6,9-10,13H2,1-3H3/b29-20-. The Morgan fingerprint density at radius 1 is 1.24 bits per heavy atom. The van der Waals surface area contributed by atoms with Gasteiger partial charge in [-0.15, -0.1) is 0 Å². The Kier molecular flexibility index (Phi) is 9.58. The number of aliphatic imine (C=N–C) groups is 1. The van der Waals surface area contributed by atoms with Gasteiger partial charge in [-0.25, -0.2) is 19.8 Å². The number of carbonyl (C=O) groups excluding carboxylic acids is 1. The SMILES string of the molecule is CCCc1c(OCCCNC)ccc(/C(=N/COC(=O)c2cnc(C)nc2)C(F)(F)F)c1O. The van der Waals surface area contributed by atoms with Crippen LogP contribution < -0.4 is 10.1 Å². The molecule has 2 rings (SSSR count). The van der Waals surface area contributed by atoms with Crippen molar-refractivity contribution in [3.63, 3.8) is 0 Å². The minimum Gasteiger partial charge on any atom is -0.507 e. The number of aryl methyl sites for hydroxylation is 1. The van der Waals surface area contributed by atoms with Crippen LogP contribution in [0.2, 0.25) is 0 Å². The number of phenolic OH excluding ortho intramolecular Hbond substituents is 1. The zero-order valence-electron chi connectivity index (χ0n) is 18.7. The molecule has 0 aliphatic rings. The predicted molar refractivity (Wildman–Crippen MR) is 116 cm³/mol. The molecular weight excluding hydrogens is 441 g/mol. The molecule has 180 valence electrons. The Morgan fingerprint density at radius 3 is 2.55 bits per heavy atom. The third-order valence-electron chi connectivity index (χ3n) is 4.53. The molecule has 2 N–H and O–H groups in total. The van der Waals surface area contributed by atoms with Gasteiger partial charge in [0.2, 0.25) is 0 Å². The first-order valence-corrected chi connectivity index (χ1v) is 10.4. The second-order valence-electron chi connectivity index (χ2n) is 7.08. The van der Waals surface area contributed by atoms with Gasteiger partial charge in [0.05, 0.1) is 12.2 Å². The van der Waals surface area contributed by atoms with Crippen molar-refractivity contribution in [1.29, 1.82) is 0 Å².